The lowest BCUT2D eigenvalue weighted by Gasteiger charge is -2.30. The van der Waals surface area contributed by atoms with Crippen molar-refractivity contribution in [3.8, 4) is 33.6 Å². The van der Waals surface area contributed by atoms with Gasteiger partial charge < -0.3 is 49.3 Å². The number of hydrogen-bond donors (Lipinski definition) is 4. The fraction of sp³-hybridized carbons (Fsp3) is 0.476. The van der Waals surface area contributed by atoms with Gasteiger partial charge in [-0.25, -0.2) is 19.6 Å². The van der Waals surface area contributed by atoms with Gasteiger partial charge in [-0.05, 0) is 46.9 Å². The molecule has 0 bridgehead atoms. The first-order chi connectivity index (χ1) is 29.4. The molecule has 0 unspecified atom stereocenters. The third-order valence-corrected chi connectivity index (χ3v) is 11.0. The number of methoxy groups -OCH3 is 2. The highest BCUT2D eigenvalue weighted by atomic mass is 16.7. The number of carbonyl (C=O) groups excluding carboxylic acids is 4. The second-order valence-corrected chi connectivity index (χ2v) is 15.4. The summed E-state index contributed by atoms with van der Waals surface area (Å²) in [5, 5.41) is 5.25. The first-order valence-electron chi connectivity index (χ1n) is 21.4. The monoisotopic (exact) mass is 800 g/mol. The number of H-pyrrole nitrogens is 2. The number of imidazole rings is 2. The van der Waals surface area contributed by atoms with Crippen molar-refractivity contribution >= 4 is 24.0 Å². The molecule has 58 heavy (non-hydrogen) atoms. The molecule has 16 heteroatoms. The van der Waals surface area contributed by atoms with Crippen LogP contribution in [0.25, 0.3) is 33.6 Å². The lowest BCUT2D eigenvalue weighted by molar-refractivity contribution is -0.153. The second kappa shape index (κ2) is 17.0. The summed E-state index contributed by atoms with van der Waals surface area (Å²) in [7, 11) is 2.46. The van der Waals surface area contributed by atoms with Crippen LogP contribution in [-0.2, 0) is 28.5 Å². The van der Waals surface area contributed by atoms with Crippen LogP contribution in [0.2, 0.25) is 0 Å². The standard InChI is InChI=1S/C42H52N8O8/c1-24(2)34(47-40(53)55-5)38(51)49-17-7-8-32(49)36-43-21-30(45-36)28-13-9-26(10-14-28)27-11-15-29(16-12-27)31-22-44-37(46-31)33-20-42(57-18-19-58-42)23-50(33)39(52)35(25(3)4)48-41(54)56-6/h9-16,21-22,24-25,32-35H,7-8,17-20,23H2,1-6H3,(H,43,45)(H,44,46)(H,47,53)(H,48,54)/t32-,33-,34-,35-/m0/s1/i18D2,19D2. The lowest BCUT2D eigenvalue weighted by Crippen LogP contribution is -2.52. The van der Waals surface area contributed by atoms with E-state index in [0.717, 1.165) is 40.8 Å². The number of amides is 4. The van der Waals surface area contributed by atoms with Crippen molar-refractivity contribution in [3.63, 3.8) is 0 Å². The van der Waals surface area contributed by atoms with Crippen LogP contribution in [0, 0.1) is 11.8 Å². The van der Waals surface area contributed by atoms with Crippen molar-refractivity contribution in [1.82, 2.24) is 40.4 Å². The molecule has 4 atom stereocenters. The van der Waals surface area contributed by atoms with Gasteiger partial charge in [-0.3, -0.25) is 9.59 Å². The van der Waals surface area contributed by atoms with Crippen LogP contribution in [-0.4, -0.2) is 112 Å². The van der Waals surface area contributed by atoms with E-state index in [1.807, 2.05) is 62.4 Å². The van der Waals surface area contributed by atoms with E-state index in [2.05, 4.69) is 30.6 Å². The van der Waals surface area contributed by atoms with Crippen LogP contribution in [0.1, 0.15) is 76.2 Å². The molecule has 0 radical (unpaired) electrons. The number of likely N-dealkylation sites (tertiary alicyclic amines) is 2. The van der Waals surface area contributed by atoms with E-state index in [1.165, 1.54) is 19.1 Å². The number of alkyl carbamates (subject to hydrolysis) is 2. The largest absolute Gasteiger partial charge is 0.453 e. The van der Waals surface area contributed by atoms with E-state index in [-0.39, 0.29) is 36.8 Å². The van der Waals surface area contributed by atoms with Crippen LogP contribution in [0.3, 0.4) is 0 Å². The normalized spacial score (nSPS) is 22.6. The van der Waals surface area contributed by atoms with Gasteiger partial charge in [-0.1, -0.05) is 76.2 Å². The quantitative estimate of drug-likeness (QED) is 0.149. The summed E-state index contributed by atoms with van der Waals surface area (Å²) in [6, 6.07) is 13.0. The molecule has 0 aliphatic carbocycles. The van der Waals surface area contributed by atoms with E-state index >= 15 is 0 Å². The fourth-order valence-corrected chi connectivity index (χ4v) is 7.77. The van der Waals surface area contributed by atoms with Gasteiger partial charge in [0.15, 0.2) is 5.79 Å². The molecular formula is C42H52N8O8. The van der Waals surface area contributed by atoms with E-state index in [4.69, 9.17) is 24.4 Å². The highest BCUT2D eigenvalue weighted by Crippen LogP contribution is 2.43. The molecule has 16 nitrogen and oxygen atoms in total. The molecule has 1 spiro atoms. The Labute approximate surface area is 343 Å². The minimum Gasteiger partial charge on any atom is -0.453 e. The molecule has 3 fully saturated rings. The maximum absolute atomic E-state index is 14.1. The Balaban J connectivity index is 1.06. The third-order valence-electron chi connectivity index (χ3n) is 11.0. The van der Waals surface area contributed by atoms with Gasteiger partial charge in [0.2, 0.25) is 11.8 Å². The molecular weight excluding hydrogens is 745 g/mol. The highest BCUT2D eigenvalue weighted by molar-refractivity contribution is 5.87. The molecule has 4 N–H and O–H groups in total. The summed E-state index contributed by atoms with van der Waals surface area (Å²) < 4.78 is 53.2. The first-order valence-corrected chi connectivity index (χ1v) is 19.4. The molecule has 4 aromatic rings. The minimum absolute atomic E-state index is 0.129. The van der Waals surface area contributed by atoms with Gasteiger partial charge in [-0.15, -0.1) is 0 Å². The van der Waals surface area contributed by atoms with E-state index in [0.29, 0.717) is 23.9 Å². The van der Waals surface area contributed by atoms with E-state index < -0.39 is 55.1 Å². The smallest absolute Gasteiger partial charge is 0.407 e. The molecule has 4 amide bonds. The number of nitrogens with one attached hydrogen (secondary N) is 4. The topological polar surface area (TPSA) is 193 Å². The van der Waals surface area contributed by atoms with Crippen molar-refractivity contribution in [2.45, 2.75) is 76.9 Å². The Hall–Kier alpha value is -5.74. The highest BCUT2D eigenvalue weighted by Gasteiger charge is 2.52. The molecule has 0 saturated carbocycles. The van der Waals surface area contributed by atoms with Crippen molar-refractivity contribution < 1.29 is 43.6 Å². The number of ether oxygens (including phenoxy) is 4. The number of nitrogens with zero attached hydrogens (tertiary/aromatic N) is 4. The van der Waals surface area contributed by atoms with E-state index in [1.54, 1.807) is 31.1 Å². The summed E-state index contributed by atoms with van der Waals surface area (Å²) in [6.07, 6.45) is 3.36. The maximum Gasteiger partial charge on any atom is 0.407 e. The third kappa shape index (κ3) is 8.29. The van der Waals surface area contributed by atoms with Crippen molar-refractivity contribution in [1.29, 1.82) is 0 Å². The number of aromatic amines is 2. The summed E-state index contributed by atoms with van der Waals surface area (Å²) in [6.45, 7) is 1.94. The summed E-state index contributed by atoms with van der Waals surface area (Å²) >= 11 is 0. The predicted octanol–water partition coefficient (Wildman–Crippen LogP) is 5.58. The fourth-order valence-electron chi connectivity index (χ4n) is 7.77. The molecule has 2 aromatic heterocycles. The first kappa shape index (κ1) is 35.4. The van der Waals surface area contributed by atoms with Crippen LogP contribution in [0.15, 0.2) is 60.9 Å². The van der Waals surface area contributed by atoms with Crippen LogP contribution in [0.4, 0.5) is 9.59 Å². The zero-order chi connectivity index (χ0) is 44.7. The van der Waals surface area contributed by atoms with Gasteiger partial charge >= 0.3 is 12.2 Å². The molecule has 3 aliphatic rings. The second-order valence-electron chi connectivity index (χ2n) is 15.4. The lowest BCUT2D eigenvalue weighted by atomic mass is 10.0. The number of carbonyl (C=O) groups is 4. The number of hydrogen-bond acceptors (Lipinski definition) is 10. The Morgan fingerprint density at radius 1 is 0.741 bits per heavy atom. The van der Waals surface area contributed by atoms with Crippen LogP contribution in [0.5, 0.6) is 0 Å². The van der Waals surface area contributed by atoms with Gasteiger partial charge in [0.1, 0.15) is 23.7 Å². The van der Waals surface area contributed by atoms with Gasteiger partial charge in [0.05, 0.1) is 75.2 Å². The van der Waals surface area contributed by atoms with Gasteiger partial charge in [-0.2, -0.15) is 0 Å². The summed E-state index contributed by atoms with van der Waals surface area (Å²) in [5.74, 6) is -1.98. The van der Waals surface area contributed by atoms with Crippen molar-refractivity contribution in [2.24, 2.45) is 11.8 Å². The average molecular weight is 801 g/mol. The molecule has 7 rings (SSSR count). The minimum atomic E-state index is -2.79. The molecule has 5 heterocycles. The Bertz CT molecular complexity index is 2270. The summed E-state index contributed by atoms with van der Waals surface area (Å²) in [5.41, 5.74) is 5.09. The summed E-state index contributed by atoms with van der Waals surface area (Å²) in [4.78, 5) is 70.9. The number of rotatable bonds is 11. The molecule has 2 aromatic carbocycles. The Kier molecular flexibility index (Phi) is 10.4. The SMILES string of the molecule is [2H]C1([2H])OC2(C[C@@H](c3ncc(-c4ccc(-c5ccc(-c6cnc([C@@H]7CCCN7C(=O)[C@@H](NC(=O)OC)C(C)C)[nH]6)cc5)cc4)[nH]3)N(C(=O)[C@@H](NC(=O)OC)C(C)C)C2)OC1([2H])[2H]. The Morgan fingerprint density at radius 2 is 1.19 bits per heavy atom. The average Bonchev–Trinajstić information content (AvgIpc) is 4.09. The molecule has 3 aliphatic heterocycles. The van der Waals surface area contributed by atoms with Gasteiger partial charge in [0.25, 0.3) is 0 Å². The number of benzene rings is 2. The van der Waals surface area contributed by atoms with Crippen molar-refractivity contribution in [2.75, 3.05) is 40.4 Å². The van der Waals surface area contributed by atoms with Crippen LogP contribution >= 0.6 is 0 Å². The molecule has 3 saturated heterocycles. The van der Waals surface area contributed by atoms with Crippen LogP contribution < -0.4 is 10.6 Å². The maximum atomic E-state index is 14.1. The number of aromatic nitrogens is 4. The Morgan fingerprint density at radius 3 is 1.66 bits per heavy atom. The zero-order valence-electron chi connectivity index (χ0n) is 37.3. The van der Waals surface area contributed by atoms with E-state index in [9.17, 15) is 19.2 Å². The van der Waals surface area contributed by atoms with Crippen molar-refractivity contribution in [3.05, 3.63) is 72.6 Å². The predicted molar refractivity (Wildman–Crippen MR) is 213 cm³/mol. The van der Waals surface area contributed by atoms with Gasteiger partial charge in [0, 0.05) is 13.0 Å². The zero-order valence-corrected chi connectivity index (χ0v) is 33.3. The molecule has 308 valence electrons.